The van der Waals surface area contributed by atoms with Crippen LogP contribution < -0.4 is 0 Å². The van der Waals surface area contributed by atoms with Gasteiger partial charge in [-0.3, -0.25) is 9.59 Å². The summed E-state index contributed by atoms with van der Waals surface area (Å²) in [4.78, 5) is 24.2. The van der Waals surface area contributed by atoms with Crippen LogP contribution in [0.3, 0.4) is 0 Å². The van der Waals surface area contributed by atoms with Crippen LogP contribution in [0.5, 0.6) is 0 Å². The summed E-state index contributed by atoms with van der Waals surface area (Å²) in [5.41, 5.74) is 4.69. The number of hydrogen-bond donors (Lipinski definition) is 0. The fourth-order valence-electron chi connectivity index (χ4n) is 2.77. The summed E-state index contributed by atoms with van der Waals surface area (Å²) < 4.78 is 27.7. The number of aryl methyl sites for hydroxylation is 1. The Balaban J connectivity index is 1.96. The van der Waals surface area contributed by atoms with Crippen molar-refractivity contribution in [2.75, 3.05) is 12.4 Å². The number of ether oxygens (including phenoxy) is 1. The van der Waals surface area contributed by atoms with Crippen molar-refractivity contribution in [2.45, 2.75) is 34.1 Å². The Bertz CT molecular complexity index is 818. The molecule has 6 heteroatoms. The Morgan fingerprint density at radius 2 is 1.79 bits per heavy atom. The van der Waals surface area contributed by atoms with Gasteiger partial charge in [-0.2, -0.15) is 0 Å². The number of carbonyl (C=O) groups is 2. The van der Waals surface area contributed by atoms with Gasteiger partial charge in [0.25, 0.3) is 0 Å². The smallest absolute Gasteiger partial charge is 0.306 e. The topological polar surface area (TPSA) is 77.5 Å². The van der Waals surface area contributed by atoms with Crippen LogP contribution in [-0.2, 0) is 19.4 Å². The van der Waals surface area contributed by atoms with Crippen LogP contribution in [0.25, 0.3) is 0 Å². The van der Waals surface area contributed by atoms with E-state index in [4.69, 9.17) is 4.74 Å². The molecule has 1 aliphatic heterocycles. The van der Waals surface area contributed by atoms with E-state index in [1.807, 2.05) is 33.8 Å². The molecule has 5 nitrogen and oxygen atoms in total. The van der Waals surface area contributed by atoms with E-state index < -0.39 is 15.8 Å². The van der Waals surface area contributed by atoms with Crippen molar-refractivity contribution >= 4 is 21.6 Å². The predicted molar refractivity (Wildman–Crippen MR) is 91.7 cm³/mol. The third-order valence-corrected chi connectivity index (χ3v) is 6.04. The van der Waals surface area contributed by atoms with E-state index in [0.29, 0.717) is 5.56 Å². The molecule has 1 atom stereocenters. The molecule has 0 aromatic heterocycles. The van der Waals surface area contributed by atoms with Crippen molar-refractivity contribution in [1.29, 1.82) is 0 Å². The number of allylic oxidation sites excluding steroid dienone is 1. The van der Waals surface area contributed by atoms with Crippen LogP contribution in [0, 0.1) is 33.6 Å². The van der Waals surface area contributed by atoms with Crippen LogP contribution in [0.2, 0.25) is 0 Å². The highest BCUT2D eigenvalue weighted by atomic mass is 32.2. The zero-order valence-corrected chi connectivity index (χ0v) is 15.2. The molecule has 1 aliphatic rings. The fraction of sp³-hybridized carbons (Fsp3) is 0.444. The maximum Gasteiger partial charge on any atom is 0.306 e. The molecule has 0 radical (unpaired) electrons. The van der Waals surface area contributed by atoms with Crippen molar-refractivity contribution in [2.24, 2.45) is 5.92 Å². The Hall–Kier alpha value is -1.95. The first-order valence-electron chi connectivity index (χ1n) is 7.78. The Morgan fingerprint density at radius 3 is 2.38 bits per heavy atom. The molecule has 0 fully saturated rings. The molecule has 0 saturated heterocycles. The second kappa shape index (κ2) is 6.89. The van der Waals surface area contributed by atoms with Crippen LogP contribution in [0.4, 0.5) is 0 Å². The molecule has 130 valence electrons. The molecule has 0 aliphatic carbocycles. The van der Waals surface area contributed by atoms with Gasteiger partial charge in [-0.05, 0) is 56.0 Å². The summed E-state index contributed by atoms with van der Waals surface area (Å²) >= 11 is 0. The van der Waals surface area contributed by atoms with E-state index in [-0.39, 0.29) is 30.5 Å². The first kappa shape index (κ1) is 18.4. The summed E-state index contributed by atoms with van der Waals surface area (Å²) in [7, 11) is -3.19. The molecule has 2 rings (SSSR count). The van der Waals surface area contributed by atoms with Crippen molar-refractivity contribution < 1.29 is 22.7 Å². The number of rotatable bonds is 5. The molecule has 1 aromatic rings. The minimum absolute atomic E-state index is 0.0338. The van der Waals surface area contributed by atoms with E-state index in [9.17, 15) is 18.0 Å². The largest absolute Gasteiger partial charge is 0.457 e. The van der Waals surface area contributed by atoms with Crippen LogP contribution in [0.1, 0.15) is 39.0 Å². The molecule has 1 aromatic carbocycles. The fourth-order valence-corrected chi connectivity index (χ4v) is 4.16. The summed E-state index contributed by atoms with van der Waals surface area (Å²) in [6.45, 7) is 7.47. The third-order valence-electron chi connectivity index (χ3n) is 4.58. The van der Waals surface area contributed by atoms with Crippen molar-refractivity contribution in [3.8, 4) is 0 Å². The zero-order chi connectivity index (χ0) is 18.1. The number of benzene rings is 1. The van der Waals surface area contributed by atoms with Crippen LogP contribution in [-0.4, -0.2) is 32.5 Å². The highest BCUT2D eigenvalue weighted by molar-refractivity contribution is 7.94. The van der Waals surface area contributed by atoms with Gasteiger partial charge in [-0.15, -0.1) is 0 Å². The van der Waals surface area contributed by atoms with Crippen molar-refractivity contribution in [1.82, 2.24) is 0 Å². The average Bonchev–Trinajstić information content (AvgIpc) is 2.85. The Labute approximate surface area is 142 Å². The lowest BCUT2D eigenvalue weighted by atomic mass is 9.93. The minimum atomic E-state index is -3.19. The monoisotopic (exact) mass is 350 g/mol. The lowest BCUT2D eigenvalue weighted by Crippen LogP contribution is -2.18. The molecular formula is C18H22O5S. The summed E-state index contributed by atoms with van der Waals surface area (Å²) in [5.74, 6) is -1.26. The second-order valence-electron chi connectivity index (χ2n) is 6.32. The summed E-state index contributed by atoms with van der Waals surface area (Å²) in [5, 5.41) is 1.12. The van der Waals surface area contributed by atoms with Gasteiger partial charge < -0.3 is 4.74 Å². The standard InChI is InChI=1S/C18H22O5S/c1-11-7-16(14(4)13(3)12(11)2)17(19)9-23-18(20)8-15-5-6-24(21,22)10-15/h5-7,15H,8-10H2,1-4H3. The number of ketones is 1. The van der Waals surface area contributed by atoms with Gasteiger partial charge in [-0.25, -0.2) is 8.42 Å². The number of carbonyl (C=O) groups excluding carboxylic acids is 2. The molecule has 0 N–H and O–H groups in total. The normalized spacial score (nSPS) is 18.6. The summed E-state index contributed by atoms with van der Waals surface area (Å²) in [6.07, 6.45) is 1.46. The molecule has 0 spiro atoms. The summed E-state index contributed by atoms with van der Waals surface area (Å²) in [6, 6.07) is 1.82. The van der Waals surface area contributed by atoms with Gasteiger partial charge in [0.05, 0.1) is 12.2 Å². The van der Waals surface area contributed by atoms with E-state index in [1.165, 1.54) is 6.08 Å². The molecule has 1 unspecified atom stereocenters. The average molecular weight is 350 g/mol. The number of esters is 1. The van der Waals surface area contributed by atoms with E-state index >= 15 is 0 Å². The van der Waals surface area contributed by atoms with Crippen LogP contribution >= 0.6 is 0 Å². The lowest BCUT2D eigenvalue weighted by Gasteiger charge is -2.14. The second-order valence-corrected chi connectivity index (χ2v) is 8.25. The first-order chi connectivity index (χ1) is 11.1. The van der Waals surface area contributed by atoms with E-state index in [0.717, 1.165) is 27.7 Å². The van der Waals surface area contributed by atoms with Crippen molar-refractivity contribution in [3.63, 3.8) is 0 Å². The number of hydrogen-bond acceptors (Lipinski definition) is 5. The number of sulfone groups is 1. The highest BCUT2D eigenvalue weighted by Crippen LogP contribution is 2.22. The molecule has 0 saturated carbocycles. The van der Waals surface area contributed by atoms with Crippen LogP contribution in [0.15, 0.2) is 17.6 Å². The molecule has 0 bridgehead atoms. The zero-order valence-electron chi connectivity index (χ0n) is 14.4. The van der Waals surface area contributed by atoms with E-state index in [1.54, 1.807) is 0 Å². The van der Waals surface area contributed by atoms with E-state index in [2.05, 4.69) is 0 Å². The molecule has 24 heavy (non-hydrogen) atoms. The maximum atomic E-state index is 12.3. The maximum absolute atomic E-state index is 12.3. The van der Waals surface area contributed by atoms with Gasteiger partial charge in [0, 0.05) is 16.9 Å². The number of Topliss-reactive ketones (excluding diaryl/α,β-unsaturated/α-hetero) is 1. The lowest BCUT2D eigenvalue weighted by molar-refractivity contribution is -0.143. The van der Waals surface area contributed by atoms with Gasteiger partial charge >= 0.3 is 5.97 Å². The highest BCUT2D eigenvalue weighted by Gasteiger charge is 2.25. The van der Waals surface area contributed by atoms with Gasteiger partial charge in [0.1, 0.15) is 0 Å². The molecular weight excluding hydrogens is 328 g/mol. The first-order valence-corrected chi connectivity index (χ1v) is 9.49. The third kappa shape index (κ3) is 4.12. The van der Waals surface area contributed by atoms with Crippen molar-refractivity contribution in [3.05, 3.63) is 45.4 Å². The van der Waals surface area contributed by atoms with Gasteiger partial charge in [-0.1, -0.05) is 6.08 Å². The predicted octanol–water partition coefficient (Wildman–Crippen LogP) is 2.59. The van der Waals surface area contributed by atoms with Gasteiger partial charge in [0.15, 0.2) is 16.4 Å². The Kier molecular flexibility index (Phi) is 5.28. The quantitative estimate of drug-likeness (QED) is 0.602. The molecule has 0 amide bonds. The SMILES string of the molecule is Cc1cc(C(=O)COC(=O)CC2C=CS(=O)(=O)C2)c(C)c(C)c1C. The Morgan fingerprint density at radius 1 is 1.12 bits per heavy atom. The van der Waals surface area contributed by atoms with Gasteiger partial charge in [0.2, 0.25) is 5.78 Å². The minimum Gasteiger partial charge on any atom is -0.457 e. The molecule has 1 heterocycles.